The van der Waals surface area contributed by atoms with Gasteiger partial charge in [-0.05, 0) is 30.0 Å². The van der Waals surface area contributed by atoms with Gasteiger partial charge in [-0.3, -0.25) is 9.69 Å². The van der Waals surface area contributed by atoms with Gasteiger partial charge < -0.3 is 10.1 Å². The molecular formula is C17H24N2O2. The van der Waals surface area contributed by atoms with Crippen molar-refractivity contribution in [2.45, 2.75) is 32.2 Å². The molecule has 4 heteroatoms. The lowest BCUT2D eigenvalue weighted by molar-refractivity contribution is -0.131. The average molecular weight is 288 g/mol. The molecule has 0 amide bonds. The number of hydrogen-bond acceptors (Lipinski definition) is 4. The number of ether oxygens (including phenoxy) is 1. The Morgan fingerprint density at radius 3 is 2.81 bits per heavy atom. The van der Waals surface area contributed by atoms with E-state index in [1.807, 2.05) is 18.2 Å². The summed E-state index contributed by atoms with van der Waals surface area (Å²) in [5.41, 5.74) is 1.28. The summed E-state index contributed by atoms with van der Waals surface area (Å²) < 4.78 is 5.24. The average Bonchev–Trinajstić information content (AvgIpc) is 3.29. The molecule has 1 aromatic rings. The Hall–Kier alpha value is -1.39. The zero-order valence-corrected chi connectivity index (χ0v) is 12.7. The van der Waals surface area contributed by atoms with E-state index in [0.717, 1.165) is 32.1 Å². The van der Waals surface area contributed by atoms with Crippen molar-refractivity contribution in [3.05, 3.63) is 29.8 Å². The van der Waals surface area contributed by atoms with Crippen LogP contribution in [0.1, 0.15) is 37.8 Å². The maximum Gasteiger partial charge on any atom is 0.308 e. The minimum atomic E-state index is -0.256. The quantitative estimate of drug-likeness (QED) is 0.667. The summed E-state index contributed by atoms with van der Waals surface area (Å²) in [6.45, 7) is 5.75. The molecule has 1 atom stereocenters. The van der Waals surface area contributed by atoms with E-state index in [0.29, 0.717) is 11.8 Å². The monoisotopic (exact) mass is 288 g/mol. The van der Waals surface area contributed by atoms with Crippen molar-refractivity contribution in [3.8, 4) is 5.75 Å². The Morgan fingerprint density at radius 1 is 1.38 bits per heavy atom. The summed E-state index contributed by atoms with van der Waals surface area (Å²) in [5, 5.41) is 3.42. The Labute approximate surface area is 126 Å². The summed E-state index contributed by atoms with van der Waals surface area (Å²) in [6.07, 6.45) is 3.96. The number of nitrogens with zero attached hydrogens (tertiary/aromatic N) is 1. The van der Waals surface area contributed by atoms with Gasteiger partial charge >= 0.3 is 5.97 Å². The first kappa shape index (κ1) is 14.5. The lowest BCUT2D eigenvalue weighted by Crippen LogP contribution is -2.45. The van der Waals surface area contributed by atoms with Crippen molar-refractivity contribution in [1.29, 1.82) is 0 Å². The van der Waals surface area contributed by atoms with Gasteiger partial charge in [0.1, 0.15) is 5.75 Å². The smallest absolute Gasteiger partial charge is 0.308 e. The van der Waals surface area contributed by atoms with Gasteiger partial charge in [0.25, 0.3) is 0 Å². The van der Waals surface area contributed by atoms with Crippen molar-refractivity contribution in [1.82, 2.24) is 10.2 Å². The van der Waals surface area contributed by atoms with Gasteiger partial charge in [0.2, 0.25) is 0 Å². The Bertz CT molecular complexity index is 493. The van der Waals surface area contributed by atoms with Gasteiger partial charge in [0.15, 0.2) is 0 Å². The minimum absolute atomic E-state index is 0.256. The molecule has 1 N–H and O–H groups in total. The molecule has 2 aliphatic rings. The molecule has 0 spiro atoms. The fourth-order valence-corrected chi connectivity index (χ4v) is 3.11. The standard InChI is InChI=1S/C17H24N2O2/c1-13(20)21-16-4-2-3-15(12-16)17(11-14-5-6-14)19-9-7-18-8-10-19/h2-4,12,14,17-18H,5-11H2,1H3/t17-/m1/s1. The molecule has 3 rings (SSSR count). The van der Waals surface area contributed by atoms with Gasteiger partial charge in [0.05, 0.1) is 0 Å². The number of nitrogens with one attached hydrogen (secondary N) is 1. The van der Waals surface area contributed by atoms with Crippen LogP contribution < -0.4 is 10.1 Å². The molecule has 1 saturated heterocycles. The number of carbonyl (C=O) groups excluding carboxylic acids is 1. The maximum atomic E-state index is 11.1. The predicted octanol–water partition coefficient (Wildman–Crippen LogP) is 2.36. The Morgan fingerprint density at radius 2 is 2.14 bits per heavy atom. The van der Waals surface area contributed by atoms with Gasteiger partial charge in [-0.2, -0.15) is 0 Å². The van der Waals surface area contributed by atoms with Crippen LogP contribution in [0, 0.1) is 5.92 Å². The Kier molecular flexibility index (Phi) is 4.56. The van der Waals surface area contributed by atoms with E-state index in [9.17, 15) is 4.79 Å². The first-order chi connectivity index (χ1) is 10.2. The second-order valence-corrected chi connectivity index (χ2v) is 6.15. The maximum absolute atomic E-state index is 11.1. The van der Waals surface area contributed by atoms with Crippen molar-refractivity contribution in [3.63, 3.8) is 0 Å². The minimum Gasteiger partial charge on any atom is -0.427 e. The lowest BCUT2D eigenvalue weighted by Gasteiger charge is -2.35. The molecule has 1 heterocycles. The van der Waals surface area contributed by atoms with Crippen LogP contribution in [0.4, 0.5) is 0 Å². The van der Waals surface area contributed by atoms with Crippen LogP contribution in [0.2, 0.25) is 0 Å². The normalized spacial score (nSPS) is 21.0. The molecule has 0 radical (unpaired) electrons. The molecule has 4 nitrogen and oxygen atoms in total. The summed E-state index contributed by atoms with van der Waals surface area (Å²) in [4.78, 5) is 13.7. The number of esters is 1. The van der Waals surface area contributed by atoms with Crippen LogP contribution in [0.3, 0.4) is 0 Å². The van der Waals surface area contributed by atoms with Crippen LogP contribution in [0.5, 0.6) is 5.75 Å². The van der Waals surface area contributed by atoms with E-state index in [-0.39, 0.29) is 5.97 Å². The van der Waals surface area contributed by atoms with Crippen LogP contribution >= 0.6 is 0 Å². The fourth-order valence-electron chi connectivity index (χ4n) is 3.11. The molecule has 114 valence electrons. The lowest BCUT2D eigenvalue weighted by atomic mass is 9.98. The predicted molar refractivity (Wildman–Crippen MR) is 82.3 cm³/mol. The molecule has 2 fully saturated rings. The number of rotatable bonds is 5. The van der Waals surface area contributed by atoms with E-state index < -0.39 is 0 Å². The highest BCUT2D eigenvalue weighted by Crippen LogP contribution is 2.40. The highest BCUT2D eigenvalue weighted by Gasteiger charge is 2.30. The third-order valence-corrected chi connectivity index (χ3v) is 4.35. The summed E-state index contributed by atoms with van der Waals surface area (Å²) >= 11 is 0. The molecule has 1 aliphatic carbocycles. The van der Waals surface area contributed by atoms with Crippen molar-refractivity contribution in [2.24, 2.45) is 5.92 Å². The summed E-state index contributed by atoms with van der Waals surface area (Å²) in [7, 11) is 0. The van der Waals surface area contributed by atoms with Crippen LogP contribution in [-0.4, -0.2) is 37.0 Å². The molecule has 1 saturated carbocycles. The molecule has 21 heavy (non-hydrogen) atoms. The van der Waals surface area contributed by atoms with Crippen LogP contribution in [0.25, 0.3) is 0 Å². The SMILES string of the molecule is CC(=O)Oc1cccc([C@@H](CC2CC2)N2CCNCC2)c1. The largest absolute Gasteiger partial charge is 0.427 e. The van der Waals surface area contributed by atoms with Crippen molar-refractivity contribution >= 4 is 5.97 Å². The van der Waals surface area contributed by atoms with E-state index in [4.69, 9.17) is 4.74 Å². The van der Waals surface area contributed by atoms with E-state index >= 15 is 0 Å². The third kappa shape index (κ3) is 4.05. The highest BCUT2D eigenvalue weighted by molar-refractivity contribution is 5.69. The van der Waals surface area contributed by atoms with E-state index in [1.54, 1.807) is 0 Å². The Balaban J connectivity index is 1.78. The van der Waals surface area contributed by atoms with Gasteiger partial charge in [0, 0.05) is 39.1 Å². The van der Waals surface area contributed by atoms with Crippen LogP contribution in [-0.2, 0) is 4.79 Å². The zero-order valence-electron chi connectivity index (χ0n) is 12.7. The topological polar surface area (TPSA) is 41.6 Å². The number of carbonyl (C=O) groups is 1. The van der Waals surface area contributed by atoms with Crippen LogP contribution in [0.15, 0.2) is 24.3 Å². The third-order valence-electron chi connectivity index (χ3n) is 4.35. The fraction of sp³-hybridized carbons (Fsp3) is 0.588. The molecular weight excluding hydrogens is 264 g/mol. The number of hydrogen-bond donors (Lipinski definition) is 1. The zero-order chi connectivity index (χ0) is 14.7. The molecule has 0 bridgehead atoms. The highest BCUT2D eigenvalue weighted by atomic mass is 16.5. The van der Waals surface area contributed by atoms with E-state index in [2.05, 4.69) is 16.3 Å². The summed E-state index contributed by atoms with van der Waals surface area (Å²) in [5.74, 6) is 1.28. The van der Waals surface area contributed by atoms with Crippen molar-refractivity contribution in [2.75, 3.05) is 26.2 Å². The van der Waals surface area contributed by atoms with Gasteiger partial charge in [-0.15, -0.1) is 0 Å². The van der Waals surface area contributed by atoms with E-state index in [1.165, 1.54) is 31.7 Å². The number of piperazine rings is 1. The number of benzene rings is 1. The van der Waals surface area contributed by atoms with Crippen molar-refractivity contribution < 1.29 is 9.53 Å². The molecule has 1 aromatic carbocycles. The summed E-state index contributed by atoms with van der Waals surface area (Å²) in [6, 6.07) is 8.51. The van der Waals surface area contributed by atoms with Gasteiger partial charge in [-0.25, -0.2) is 0 Å². The first-order valence-corrected chi connectivity index (χ1v) is 7.95. The molecule has 0 unspecified atom stereocenters. The molecule has 1 aliphatic heterocycles. The second kappa shape index (κ2) is 6.58. The van der Waals surface area contributed by atoms with Gasteiger partial charge in [-0.1, -0.05) is 25.0 Å². The molecule has 0 aromatic heterocycles. The first-order valence-electron chi connectivity index (χ1n) is 7.95. The second-order valence-electron chi connectivity index (χ2n) is 6.15.